The number of hydrogen-bond acceptors (Lipinski definition) is 12. The highest BCUT2D eigenvalue weighted by Crippen LogP contribution is 2.30. The van der Waals surface area contributed by atoms with E-state index in [2.05, 4.69) is 31.9 Å². The Hall–Kier alpha value is -6.25. The van der Waals surface area contributed by atoms with Gasteiger partial charge in [-0.3, -0.25) is 38.5 Å². The molecule has 1 aliphatic rings. The maximum absolute atomic E-state index is 14.6. The molecule has 4 rings (SSSR count). The van der Waals surface area contributed by atoms with E-state index in [1.54, 1.807) is 55.1 Å². The number of carbonyl (C=O) groups excluding carboxylic acids is 7. The van der Waals surface area contributed by atoms with Gasteiger partial charge in [-0.05, 0) is 119 Å². The Morgan fingerprint density at radius 3 is 1.70 bits per heavy atom. The molecule has 1 heterocycles. The van der Waals surface area contributed by atoms with Crippen molar-refractivity contribution in [3.05, 3.63) is 96.1 Å². The van der Waals surface area contributed by atoms with Crippen LogP contribution < -0.4 is 37.6 Å². The largest absolute Gasteiger partial charge is 0.379 e. The minimum atomic E-state index is -1.02. The summed E-state index contributed by atoms with van der Waals surface area (Å²) in [6.07, 6.45) is 2.80. The predicted octanol–water partition coefficient (Wildman–Crippen LogP) is 5.77. The van der Waals surface area contributed by atoms with E-state index in [0.717, 1.165) is 11.1 Å². The Morgan fingerprint density at radius 2 is 1.21 bits per heavy atom. The summed E-state index contributed by atoms with van der Waals surface area (Å²) in [6.45, 7) is 16.9. The van der Waals surface area contributed by atoms with Gasteiger partial charge in [0, 0.05) is 45.6 Å². The number of hydrogen-bond donors (Lipinski definition) is 7. The van der Waals surface area contributed by atoms with Gasteiger partial charge in [-0.25, -0.2) is 0 Å². The zero-order valence-corrected chi connectivity index (χ0v) is 51.2. The number of methoxy groups -OCH3 is 2. The molecule has 0 aromatic heterocycles. The number of nitrogens with zero attached hydrogens (tertiary/aromatic N) is 3. The molecule has 19 nitrogen and oxygen atoms in total. The van der Waals surface area contributed by atoms with Gasteiger partial charge in [0.15, 0.2) is 0 Å². The van der Waals surface area contributed by atoms with Crippen LogP contribution in [0.1, 0.15) is 111 Å². The van der Waals surface area contributed by atoms with Gasteiger partial charge in [-0.1, -0.05) is 122 Å². The van der Waals surface area contributed by atoms with E-state index < -0.39 is 72.2 Å². The molecule has 0 bridgehead atoms. The third kappa shape index (κ3) is 20.0. The van der Waals surface area contributed by atoms with Crippen LogP contribution in [0, 0.1) is 23.7 Å². The number of amides is 7. The molecule has 3 aromatic rings. The first-order valence-corrected chi connectivity index (χ1v) is 29.5. The number of rotatable bonds is 34. The van der Waals surface area contributed by atoms with Crippen LogP contribution in [-0.2, 0) is 55.9 Å². The third-order valence-electron chi connectivity index (χ3n) is 15.9. The van der Waals surface area contributed by atoms with Crippen molar-refractivity contribution in [2.45, 2.75) is 168 Å². The normalized spacial score (nSPS) is 17.1. The lowest BCUT2D eigenvalue weighted by Gasteiger charge is -2.41. The van der Waals surface area contributed by atoms with Gasteiger partial charge in [0.05, 0.1) is 48.7 Å². The van der Waals surface area contributed by atoms with E-state index in [0.29, 0.717) is 76.0 Å². The fraction of sp³-hybridized carbons (Fsp3) is 0.603. The van der Waals surface area contributed by atoms with Crippen molar-refractivity contribution >= 4 is 52.7 Å². The van der Waals surface area contributed by atoms with Crippen LogP contribution in [0.2, 0.25) is 0 Å². The van der Waals surface area contributed by atoms with Crippen molar-refractivity contribution in [3.63, 3.8) is 0 Å². The molecule has 454 valence electrons. The number of benzene rings is 3. The highest BCUT2D eigenvalue weighted by Gasteiger charge is 2.44. The Kier molecular flexibility index (Phi) is 28.6. The number of likely N-dealkylation sites (tertiary alicyclic amines) is 1. The summed E-state index contributed by atoms with van der Waals surface area (Å²) in [5, 5.41) is 18.1. The fourth-order valence-corrected chi connectivity index (χ4v) is 11.3. The van der Waals surface area contributed by atoms with E-state index in [1.807, 2.05) is 128 Å². The van der Waals surface area contributed by atoms with Gasteiger partial charge in [0.2, 0.25) is 41.4 Å². The first-order chi connectivity index (χ1) is 39.1. The van der Waals surface area contributed by atoms with Crippen LogP contribution in [0.3, 0.4) is 0 Å². The highest BCUT2D eigenvalue weighted by atomic mass is 16.5. The van der Waals surface area contributed by atoms with Crippen LogP contribution in [0.5, 0.6) is 0 Å². The number of likely N-dealkylation sites (N-methyl/N-ethyl adjacent to an activating group) is 3. The summed E-state index contributed by atoms with van der Waals surface area (Å²) in [7, 11) is 8.47. The molecule has 7 amide bonds. The molecule has 0 unspecified atom stereocenters. The smallest absolute Gasteiger partial charge is 0.247 e. The van der Waals surface area contributed by atoms with Gasteiger partial charge in [0.1, 0.15) is 18.1 Å². The molecule has 0 saturated carbocycles. The molecule has 11 atom stereocenters. The van der Waals surface area contributed by atoms with Crippen molar-refractivity contribution in [1.82, 2.24) is 36.0 Å². The number of nitrogens with one attached hydrogen (secondary N) is 6. The molecule has 0 aliphatic carbocycles. The number of nitrogens with two attached hydrogens (primary N) is 1. The van der Waals surface area contributed by atoms with Gasteiger partial charge in [-0.15, -0.1) is 0 Å². The van der Waals surface area contributed by atoms with Crippen LogP contribution in [0.4, 0.5) is 11.4 Å². The first-order valence-electron chi connectivity index (χ1n) is 29.5. The highest BCUT2D eigenvalue weighted by molar-refractivity contribution is 6.00. The zero-order chi connectivity index (χ0) is 60.6. The molecular weight excluding hydrogens is 1040 g/mol. The summed E-state index contributed by atoms with van der Waals surface area (Å²) in [5.41, 5.74) is 8.47. The fourth-order valence-electron chi connectivity index (χ4n) is 11.3. The van der Waals surface area contributed by atoms with Crippen LogP contribution >= 0.6 is 0 Å². The number of unbranched alkanes of at least 4 members (excludes halogenated alkanes) is 1. The Morgan fingerprint density at radius 1 is 0.659 bits per heavy atom. The van der Waals surface area contributed by atoms with Crippen molar-refractivity contribution in [1.29, 1.82) is 0 Å². The molecule has 1 saturated heterocycles. The SMILES string of the molecule is CCN[C@H](Cc1ccccc1)C(=O)N[C@H](CCCCN)C(=O)Nc1ccc(NC(=O)[C@H](Cc2ccccc2)NC(=O)[C@H](C)[C@@H](OC)[C@@H]2CCCN2C(=O)C[C@@H](OC)[C@H]([C@@H](C)CC)N(C)C(=O)[C@@H](NC(=O)[C@H](C(C)C)N(C)C)C(C)C)cc1. The molecule has 8 N–H and O–H groups in total. The van der Waals surface area contributed by atoms with Gasteiger partial charge in [-0.2, -0.15) is 0 Å². The van der Waals surface area contributed by atoms with E-state index >= 15 is 0 Å². The second-order valence-corrected chi connectivity index (χ2v) is 22.9. The van der Waals surface area contributed by atoms with Gasteiger partial charge >= 0.3 is 0 Å². The van der Waals surface area contributed by atoms with Crippen molar-refractivity contribution < 1.29 is 43.0 Å². The Labute approximate surface area is 488 Å². The average molecular weight is 1140 g/mol. The van der Waals surface area contributed by atoms with Crippen molar-refractivity contribution in [3.8, 4) is 0 Å². The maximum atomic E-state index is 14.6. The maximum Gasteiger partial charge on any atom is 0.247 e. The van der Waals surface area contributed by atoms with E-state index in [9.17, 15) is 33.6 Å². The third-order valence-corrected chi connectivity index (χ3v) is 15.9. The monoisotopic (exact) mass is 1140 g/mol. The first kappa shape index (κ1) is 68.3. The minimum absolute atomic E-state index is 0.0104. The molecule has 0 spiro atoms. The quantitative estimate of drug-likeness (QED) is 0.0353. The van der Waals surface area contributed by atoms with Crippen LogP contribution in [0.25, 0.3) is 0 Å². The Balaban J connectivity index is 1.48. The zero-order valence-electron chi connectivity index (χ0n) is 51.2. The summed E-state index contributed by atoms with van der Waals surface area (Å²) in [4.78, 5) is 104. The predicted molar refractivity (Wildman–Crippen MR) is 323 cm³/mol. The lowest BCUT2D eigenvalue weighted by Crippen LogP contribution is -2.59. The topological polar surface area (TPSA) is 246 Å². The van der Waals surface area contributed by atoms with E-state index in [-0.39, 0.29) is 60.1 Å². The molecular formula is C63H98N10O9. The van der Waals surface area contributed by atoms with Gasteiger partial charge < -0.3 is 56.9 Å². The number of carbonyl (C=O) groups is 7. The van der Waals surface area contributed by atoms with Crippen LogP contribution in [-0.4, -0.2) is 166 Å². The van der Waals surface area contributed by atoms with Gasteiger partial charge in [0.25, 0.3) is 0 Å². The molecule has 19 heteroatoms. The molecule has 1 fully saturated rings. The summed E-state index contributed by atoms with van der Waals surface area (Å²) >= 11 is 0. The summed E-state index contributed by atoms with van der Waals surface area (Å²) in [6, 6.07) is 21.0. The molecule has 3 aromatic carbocycles. The Bertz CT molecular complexity index is 2460. The van der Waals surface area contributed by atoms with E-state index in [1.165, 1.54) is 7.11 Å². The number of anilines is 2. The average Bonchev–Trinajstić information content (AvgIpc) is 4.07. The number of ether oxygens (including phenoxy) is 2. The summed E-state index contributed by atoms with van der Waals surface area (Å²) < 4.78 is 12.2. The second kappa shape index (κ2) is 34.4. The van der Waals surface area contributed by atoms with Crippen LogP contribution in [0.15, 0.2) is 84.9 Å². The van der Waals surface area contributed by atoms with E-state index in [4.69, 9.17) is 15.2 Å². The van der Waals surface area contributed by atoms with Crippen molar-refractivity contribution in [2.24, 2.45) is 29.4 Å². The second-order valence-electron chi connectivity index (χ2n) is 22.9. The lowest BCUT2D eigenvalue weighted by atomic mass is 9.89. The summed E-state index contributed by atoms with van der Waals surface area (Å²) in [5.74, 6) is -3.37. The minimum Gasteiger partial charge on any atom is -0.379 e. The molecule has 82 heavy (non-hydrogen) atoms. The molecule has 0 radical (unpaired) electrons. The lowest BCUT2D eigenvalue weighted by molar-refractivity contribution is -0.148. The molecule has 1 aliphatic heterocycles. The van der Waals surface area contributed by atoms with Crippen molar-refractivity contribution in [2.75, 3.05) is 65.6 Å². The standard InChI is InChI=1S/C63H98N10O9/c1-14-42(7)56(72(11)63(80)54(40(3)4)70-62(79)55(41(5)6)71(9)10)52(81-12)39-53(74)73-36-24-30-51(73)57(82-13)43(8)58(75)69-50(38-45-27-20-17-21-28-45)61(78)67-47-33-31-46(32-34-47)66-59(76)48(29-22-23-35-64)68-60(77)49(65-15-2)37-44-25-18-16-19-26-44/h16-21,25-28,31-34,40-43,48-52,54-57,65H,14-15,22-24,29-30,35-39,64H2,1-13H3,(H,66,76)(H,67,78)(H,68,77)(H,69,75)(H,70,79)/t42-,43+,48+,49+,50-,51-,52+,54-,55-,56-,57+/m0/s1.